The van der Waals surface area contributed by atoms with Crippen LogP contribution in [0.2, 0.25) is 0 Å². The largest absolute Gasteiger partial charge is 0.352 e. The molecule has 0 aliphatic heterocycles. The minimum Gasteiger partial charge on any atom is -0.352 e. The van der Waals surface area contributed by atoms with Gasteiger partial charge in [-0.15, -0.1) is 12.4 Å². The molecule has 0 saturated heterocycles. The van der Waals surface area contributed by atoms with E-state index in [0.29, 0.717) is 18.7 Å². The van der Waals surface area contributed by atoms with Gasteiger partial charge in [-0.3, -0.25) is 19.7 Å². The summed E-state index contributed by atoms with van der Waals surface area (Å²) in [5.74, 6) is -0.417. The number of carbonyl (C=O) groups excluding carboxylic acids is 2. The zero-order valence-corrected chi connectivity index (χ0v) is 13.9. The minimum atomic E-state index is -0.526. The molecule has 0 fully saturated rings. The van der Waals surface area contributed by atoms with E-state index < -0.39 is 4.92 Å². The number of likely N-dealkylation sites (N-methyl/N-ethyl adjacent to an activating group) is 2. The fourth-order valence-electron chi connectivity index (χ4n) is 1.71. The molecule has 0 atom stereocenters. The van der Waals surface area contributed by atoms with E-state index in [9.17, 15) is 19.7 Å². The molecule has 1 aromatic carbocycles. The lowest BCUT2D eigenvalue weighted by molar-refractivity contribution is -0.384. The lowest BCUT2D eigenvalue weighted by Crippen LogP contribution is -2.35. The Kier molecular flexibility index (Phi) is 9.52. The monoisotopic (exact) mass is 344 g/mol. The Hall–Kier alpha value is -2.19. The molecule has 2 amide bonds. The van der Waals surface area contributed by atoms with Crippen LogP contribution in [0.1, 0.15) is 16.8 Å². The number of nitro benzene ring substituents is 1. The number of amides is 2. The van der Waals surface area contributed by atoms with Crippen LogP contribution in [-0.4, -0.2) is 55.4 Å². The van der Waals surface area contributed by atoms with Crippen molar-refractivity contribution in [3.05, 3.63) is 39.9 Å². The molecule has 1 rings (SSSR count). The predicted molar refractivity (Wildman–Crippen MR) is 88.9 cm³/mol. The van der Waals surface area contributed by atoms with Gasteiger partial charge in [0.1, 0.15) is 0 Å². The standard InChI is InChI=1S/C14H20N4O4.ClH/c1-15-9-10-17(2)13(19)7-8-16-14(20)11-3-5-12(6-4-11)18(21)22;/h3-6,15H,7-10H2,1-2H3,(H,16,20);1H. The molecule has 0 aliphatic carbocycles. The predicted octanol–water partition coefficient (Wildman–Crippen LogP) is 0.814. The summed E-state index contributed by atoms with van der Waals surface area (Å²) >= 11 is 0. The fraction of sp³-hybridized carbons (Fsp3) is 0.429. The number of halogens is 1. The molecule has 0 radical (unpaired) electrons. The van der Waals surface area contributed by atoms with Gasteiger partial charge in [0.2, 0.25) is 5.91 Å². The number of rotatable bonds is 8. The van der Waals surface area contributed by atoms with Gasteiger partial charge in [-0.2, -0.15) is 0 Å². The second kappa shape index (κ2) is 10.5. The molecule has 1 aromatic rings. The van der Waals surface area contributed by atoms with Crippen LogP contribution in [0.4, 0.5) is 5.69 Å². The molecular weight excluding hydrogens is 324 g/mol. The third-order valence-corrected chi connectivity index (χ3v) is 3.09. The molecule has 128 valence electrons. The number of carbonyl (C=O) groups is 2. The summed E-state index contributed by atoms with van der Waals surface area (Å²) in [5.41, 5.74) is 0.250. The van der Waals surface area contributed by atoms with Gasteiger partial charge < -0.3 is 15.5 Å². The summed E-state index contributed by atoms with van der Waals surface area (Å²) < 4.78 is 0. The van der Waals surface area contributed by atoms with Crippen molar-refractivity contribution in [2.45, 2.75) is 6.42 Å². The third kappa shape index (κ3) is 7.07. The summed E-state index contributed by atoms with van der Waals surface area (Å²) in [6.07, 6.45) is 0.207. The van der Waals surface area contributed by atoms with Crippen LogP contribution in [0, 0.1) is 10.1 Å². The molecule has 23 heavy (non-hydrogen) atoms. The second-order valence-electron chi connectivity index (χ2n) is 4.73. The average Bonchev–Trinajstić information content (AvgIpc) is 2.52. The number of nitrogens with zero attached hydrogens (tertiary/aromatic N) is 2. The van der Waals surface area contributed by atoms with E-state index in [1.807, 2.05) is 7.05 Å². The maximum atomic E-state index is 11.8. The molecule has 0 aliphatic rings. The zero-order chi connectivity index (χ0) is 16.5. The first-order chi connectivity index (χ1) is 10.5. The molecule has 2 N–H and O–H groups in total. The zero-order valence-electron chi connectivity index (χ0n) is 13.1. The number of non-ortho nitro benzene ring substituents is 1. The van der Waals surface area contributed by atoms with Gasteiger partial charge in [-0.1, -0.05) is 0 Å². The number of nitro groups is 1. The van der Waals surface area contributed by atoms with Crippen molar-refractivity contribution in [1.29, 1.82) is 0 Å². The number of hydrogen-bond acceptors (Lipinski definition) is 5. The smallest absolute Gasteiger partial charge is 0.269 e. The highest BCUT2D eigenvalue weighted by atomic mass is 35.5. The van der Waals surface area contributed by atoms with Crippen LogP contribution in [0.5, 0.6) is 0 Å². The molecule has 9 heteroatoms. The van der Waals surface area contributed by atoms with E-state index in [1.54, 1.807) is 11.9 Å². The maximum Gasteiger partial charge on any atom is 0.269 e. The first-order valence-electron chi connectivity index (χ1n) is 6.87. The lowest BCUT2D eigenvalue weighted by atomic mass is 10.2. The van der Waals surface area contributed by atoms with Gasteiger partial charge in [0.15, 0.2) is 0 Å². The van der Waals surface area contributed by atoms with Crippen molar-refractivity contribution < 1.29 is 14.5 Å². The molecule has 0 heterocycles. The molecule has 0 aromatic heterocycles. The van der Waals surface area contributed by atoms with Crippen LogP contribution in [0.3, 0.4) is 0 Å². The Balaban J connectivity index is 0.00000484. The molecule has 8 nitrogen and oxygen atoms in total. The third-order valence-electron chi connectivity index (χ3n) is 3.09. The van der Waals surface area contributed by atoms with E-state index >= 15 is 0 Å². The van der Waals surface area contributed by atoms with Crippen molar-refractivity contribution in [2.24, 2.45) is 0 Å². The highest BCUT2D eigenvalue weighted by molar-refractivity contribution is 5.94. The maximum absolute atomic E-state index is 11.8. The van der Waals surface area contributed by atoms with E-state index in [0.717, 1.165) is 0 Å². The van der Waals surface area contributed by atoms with Crippen LogP contribution in [0.15, 0.2) is 24.3 Å². The Morgan fingerprint density at radius 3 is 2.35 bits per heavy atom. The van der Waals surface area contributed by atoms with E-state index in [4.69, 9.17) is 0 Å². The highest BCUT2D eigenvalue weighted by Crippen LogP contribution is 2.11. The topological polar surface area (TPSA) is 105 Å². The van der Waals surface area contributed by atoms with Crippen molar-refractivity contribution in [1.82, 2.24) is 15.5 Å². The fourth-order valence-corrected chi connectivity index (χ4v) is 1.71. The van der Waals surface area contributed by atoms with Gasteiger partial charge >= 0.3 is 0 Å². The van der Waals surface area contributed by atoms with E-state index in [2.05, 4.69) is 10.6 Å². The summed E-state index contributed by atoms with van der Waals surface area (Å²) in [7, 11) is 3.51. The Morgan fingerprint density at radius 1 is 1.22 bits per heavy atom. The summed E-state index contributed by atoms with van der Waals surface area (Å²) in [5, 5.41) is 16.1. The lowest BCUT2D eigenvalue weighted by Gasteiger charge is -2.16. The first kappa shape index (κ1) is 20.8. The van der Waals surface area contributed by atoms with Crippen molar-refractivity contribution >= 4 is 29.9 Å². The molecular formula is C14H21ClN4O4. The molecule has 0 bridgehead atoms. The molecule has 0 saturated carbocycles. The van der Waals surface area contributed by atoms with Crippen molar-refractivity contribution in [3.63, 3.8) is 0 Å². The minimum absolute atomic E-state index is 0. The molecule has 0 unspecified atom stereocenters. The van der Waals surface area contributed by atoms with Crippen molar-refractivity contribution in [2.75, 3.05) is 33.7 Å². The summed E-state index contributed by atoms with van der Waals surface area (Å²) in [6.45, 7) is 1.53. The Bertz CT molecular complexity index is 536. The van der Waals surface area contributed by atoms with Gasteiger partial charge in [0.25, 0.3) is 11.6 Å². The van der Waals surface area contributed by atoms with Crippen LogP contribution in [0.25, 0.3) is 0 Å². The number of nitrogens with one attached hydrogen (secondary N) is 2. The van der Waals surface area contributed by atoms with Crippen LogP contribution >= 0.6 is 12.4 Å². The normalized spacial score (nSPS) is 9.65. The van der Waals surface area contributed by atoms with Gasteiger partial charge in [0.05, 0.1) is 4.92 Å². The first-order valence-corrected chi connectivity index (χ1v) is 6.87. The highest BCUT2D eigenvalue weighted by Gasteiger charge is 2.11. The number of benzene rings is 1. The van der Waals surface area contributed by atoms with Crippen molar-refractivity contribution in [3.8, 4) is 0 Å². The second-order valence-corrected chi connectivity index (χ2v) is 4.73. The quantitative estimate of drug-likeness (QED) is 0.536. The Morgan fingerprint density at radius 2 is 1.83 bits per heavy atom. The number of hydrogen-bond donors (Lipinski definition) is 2. The van der Waals surface area contributed by atoms with E-state index in [-0.39, 0.29) is 42.9 Å². The van der Waals surface area contributed by atoms with E-state index in [1.165, 1.54) is 24.3 Å². The van der Waals surface area contributed by atoms with Gasteiger partial charge in [-0.05, 0) is 19.2 Å². The van der Waals surface area contributed by atoms with Gasteiger partial charge in [0, 0.05) is 50.8 Å². The van der Waals surface area contributed by atoms with Crippen LogP contribution < -0.4 is 10.6 Å². The molecule has 0 spiro atoms. The van der Waals surface area contributed by atoms with Crippen LogP contribution in [-0.2, 0) is 4.79 Å². The average molecular weight is 345 g/mol. The summed E-state index contributed by atoms with van der Waals surface area (Å²) in [4.78, 5) is 35.2. The SMILES string of the molecule is CNCCN(C)C(=O)CCNC(=O)c1ccc([N+](=O)[O-])cc1.Cl. The summed E-state index contributed by atoms with van der Waals surface area (Å²) in [6, 6.07) is 5.31. The van der Waals surface area contributed by atoms with Gasteiger partial charge in [-0.25, -0.2) is 0 Å². The Labute approximate surface area is 140 Å².